The van der Waals surface area contributed by atoms with Gasteiger partial charge < -0.3 is 15.2 Å². The van der Waals surface area contributed by atoms with Gasteiger partial charge in [0.15, 0.2) is 11.5 Å². The molecule has 2 N–H and O–H groups in total. The normalized spacial score (nSPS) is 10.2. The Labute approximate surface area is 122 Å². The highest BCUT2D eigenvalue weighted by Gasteiger charge is 2.13. The summed E-state index contributed by atoms with van der Waals surface area (Å²) in [6, 6.07) is 9.78. The van der Waals surface area contributed by atoms with Crippen LogP contribution in [0.1, 0.15) is 11.1 Å². The van der Waals surface area contributed by atoms with E-state index in [4.69, 9.17) is 15.2 Å². The van der Waals surface area contributed by atoms with Gasteiger partial charge in [0.05, 0.1) is 18.1 Å². The molecule has 0 aliphatic heterocycles. The number of benzene rings is 2. The SMILES string of the molecule is COc1cc([N+](=O)[O-])ccc1Oc1ccc(CN)c(C)c1. The summed E-state index contributed by atoms with van der Waals surface area (Å²) in [5, 5.41) is 10.8. The number of ether oxygens (including phenoxy) is 2. The van der Waals surface area contributed by atoms with E-state index in [0.717, 1.165) is 11.1 Å². The van der Waals surface area contributed by atoms with E-state index in [1.807, 2.05) is 19.1 Å². The predicted octanol–water partition coefficient (Wildman–Crippen LogP) is 3.16. The number of nitrogens with zero attached hydrogens (tertiary/aromatic N) is 1. The Morgan fingerprint density at radius 2 is 1.95 bits per heavy atom. The molecule has 0 aliphatic carbocycles. The number of nitro benzene ring substituents is 1. The van der Waals surface area contributed by atoms with Crippen LogP contribution in [0, 0.1) is 17.0 Å². The van der Waals surface area contributed by atoms with Crippen molar-refractivity contribution in [3.8, 4) is 17.2 Å². The molecule has 0 aliphatic rings. The molecule has 110 valence electrons. The maximum atomic E-state index is 10.8. The first kappa shape index (κ1) is 14.8. The highest BCUT2D eigenvalue weighted by Crippen LogP contribution is 2.34. The monoisotopic (exact) mass is 288 g/mol. The van der Waals surface area contributed by atoms with Crippen molar-refractivity contribution in [2.24, 2.45) is 5.73 Å². The molecule has 0 aromatic heterocycles. The van der Waals surface area contributed by atoms with E-state index in [1.54, 1.807) is 6.07 Å². The molecule has 2 aromatic rings. The molecule has 0 amide bonds. The van der Waals surface area contributed by atoms with Gasteiger partial charge in [0.2, 0.25) is 0 Å². The minimum absolute atomic E-state index is 0.0474. The third kappa shape index (κ3) is 3.29. The Bertz CT molecular complexity index is 671. The summed E-state index contributed by atoms with van der Waals surface area (Å²) in [7, 11) is 1.44. The predicted molar refractivity (Wildman–Crippen MR) is 78.8 cm³/mol. The first-order valence-corrected chi connectivity index (χ1v) is 6.35. The fraction of sp³-hybridized carbons (Fsp3) is 0.200. The van der Waals surface area contributed by atoms with Crippen molar-refractivity contribution in [3.05, 3.63) is 57.6 Å². The minimum Gasteiger partial charge on any atom is -0.493 e. The average Bonchev–Trinajstić information content (AvgIpc) is 2.47. The van der Waals surface area contributed by atoms with E-state index < -0.39 is 4.92 Å². The van der Waals surface area contributed by atoms with Crippen molar-refractivity contribution >= 4 is 5.69 Å². The Balaban J connectivity index is 2.30. The van der Waals surface area contributed by atoms with Crippen LogP contribution in [0.5, 0.6) is 17.2 Å². The van der Waals surface area contributed by atoms with Crippen LogP contribution in [-0.4, -0.2) is 12.0 Å². The second-order valence-corrected chi connectivity index (χ2v) is 4.49. The van der Waals surface area contributed by atoms with E-state index in [9.17, 15) is 10.1 Å². The maximum Gasteiger partial charge on any atom is 0.273 e. The van der Waals surface area contributed by atoms with Crippen molar-refractivity contribution in [1.29, 1.82) is 0 Å². The number of hydrogen-bond acceptors (Lipinski definition) is 5. The summed E-state index contributed by atoms with van der Waals surface area (Å²) in [4.78, 5) is 10.3. The molecule has 0 saturated carbocycles. The first-order valence-electron chi connectivity index (χ1n) is 6.35. The lowest BCUT2D eigenvalue weighted by Crippen LogP contribution is -1.99. The topological polar surface area (TPSA) is 87.6 Å². The largest absolute Gasteiger partial charge is 0.493 e. The van der Waals surface area contributed by atoms with E-state index in [0.29, 0.717) is 23.8 Å². The lowest BCUT2D eigenvalue weighted by molar-refractivity contribution is -0.384. The summed E-state index contributed by atoms with van der Waals surface area (Å²) in [5.41, 5.74) is 7.64. The number of nitro groups is 1. The quantitative estimate of drug-likeness (QED) is 0.674. The highest BCUT2D eigenvalue weighted by atomic mass is 16.6. The molecule has 0 fully saturated rings. The molecule has 6 nitrogen and oxygen atoms in total. The van der Waals surface area contributed by atoms with Gasteiger partial charge in [0.1, 0.15) is 5.75 Å². The average molecular weight is 288 g/mol. The molecule has 0 spiro atoms. The number of nitrogens with two attached hydrogens (primary N) is 1. The third-order valence-corrected chi connectivity index (χ3v) is 3.12. The number of hydrogen-bond donors (Lipinski definition) is 1. The highest BCUT2D eigenvalue weighted by molar-refractivity contribution is 5.50. The summed E-state index contributed by atoms with van der Waals surface area (Å²) < 4.78 is 10.9. The smallest absolute Gasteiger partial charge is 0.273 e. The summed E-state index contributed by atoms with van der Waals surface area (Å²) in [6.45, 7) is 2.41. The molecule has 0 atom stereocenters. The van der Waals surface area contributed by atoms with Crippen LogP contribution >= 0.6 is 0 Å². The molecule has 0 bridgehead atoms. The molecule has 0 heterocycles. The standard InChI is InChI=1S/C15H16N2O4/c1-10-7-13(5-3-11(10)9-16)21-14-6-4-12(17(18)19)8-15(14)20-2/h3-8H,9,16H2,1-2H3. The lowest BCUT2D eigenvalue weighted by atomic mass is 10.1. The van der Waals surface area contributed by atoms with Crippen LogP contribution in [0.15, 0.2) is 36.4 Å². The van der Waals surface area contributed by atoms with Gasteiger partial charge in [0, 0.05) is 12.6 Å². The molecule has 0 unspecified atom stereocenters. The maximum absolute atomic E-state index is 10.8. The number of aryl methyl sites for hydroxylation is 1. The summed E-state index contributed by atoms with van der Waals surface area (Å²) in [5.74, 6) is 1.35. The zero-order valence-electron chi connectivity index (χ0n) is 11.8. The second-order valence-electron chi connectivity index (χ2n) is 4.49. The van der Waals surface area contributed by atoms with Gasteiger partial charge in [0.25, 0.3) is 5.69 Å². The first-order chi connectivity index (χ1) is 10.0. The lowest BCUT2D eigenvalue weighted by Gasteiger charge is -2.11. The van der Waals surface area contributed by atoms with Crippen LogP contribution in [0.2, 0.25) is 0 Å². The van der Waals surface area contributed by atoms with Crippen LogP contribution in [0.25, 0.3) is 0 Å². The fourth-order valence-electron chi connectivity index (χ4n) is 1.94. The third-order valence-electron chi connectivity index (χ3n) is 3.12. The van der Waals surface area contributed by atoms with E-state index in [1.165, 1.54) is 25.3 Å². The van der Waals surface area contributed by atoms with Gasteiger partial charge >= 0.3 is 0 Å². The van der Waals surface area contributed by atoms with Gasteiger partial charge in [-0.1, -0.05) is 6.07 Å². The van der Waals surface area contributed by atoms with Gasteiger partial charge in [-0.2, -0.15) is 0 Å². The van der Waals surface area contributed by atoms with Crippen molar-refractivity contribution in [3.63, 3.8) is 0 Å². The molecule has 21 heavy (non-hydrogen) atoms. The summed E-state index contributed by atoms with van der Waals surface area (Å²) in [6.07, 6.45) is 0. The van der Waals surface area contributed by atoms with E-state index >= 15 is 0 Å². The van der Waals surface area contributed by atoms with Crippen LogP contribution in [0.4, 0.5) is 5.69 Å². The zero-order chi connectivity index (χ0) is 15.4. The van der Waals surface area contributed by atoms with Gasteiger partial charge in [-0.15, -0.1) is 0 Å². The fourth-order valence-corrected chi connectivity index (χ4v) is 1.94. The molecular weight excluding hydrogens is 272 g/mol. The van der Waals surface area contributed by atoms with Crippen LogP contribution < -0.4 is 15.2 Å². The van der Waals surface area contributed by atoms with Crippen molar-refractivity contribution in [1.82, 2.24) is 0 Å². The van der Waals surface area contributed by atoms with E-state index in [2.05, 4.69) is 0 Å². The Morgan fingerprint density at radius 3 is 2.52 bits per heavy atom. The molecule has 0 radical (unpaired) electrons. The van der Waals surface area contributed by atoms with Gasteiger partial charge in [-0.25, -0.2) is 0 Å². The minimum atomic E-state index is -0.480. The van der Waals surface area contributed by atoms with E-state index in [-0.39, 0.29) is 5.69 Å². The molecular formula is C15H16N2O4. The van der Waals surface area contributed by atoms with Crippen molar-refractivity contribution in [2.75, 3.05) is 7.11 Å². The molecule has 2 rings (SSSR count). The molecule has 2 aromatic carbocycles. The Morgan fingerprint density at radius 1 is 1.19 bits per heavy atom. The van der Waals surface area contributed by atoms with Crippen molar-refractivity contribution < 1.29 is 14.4 Å². The number of non-ortho nitro benzene ring substituents is 1. The number of rotatable bonds is 5. The number of methoxy groups -OCH3 is 1. The molecule has 0 saturated heterocycles. The van der Waals surface area contributed by atoms with Gasteiger partial charge in [-0.3, -0.25) is 10.1 Å². The van der Waals surface area contributed by atoms with Crippen molar-refractivity contribution in [2.45, 2.75) is 13.5 Å². The zero-order valence-corrected chi connectivity index (χ0v) is 11.8. The Hall–Kier alpha value is -2.60. The van der Waals surface area contributed by atoms with Gasteiger partial charge in [-0.05, 0) is 36.2 Å². The van der Waals surface area contributed by atoms with Crippen LogP contribution in [0.3, 0.4) is 0 Å². The molecule has 6 heteroatoms. The Kier molecular flexibility index (Phi) is 4.39. The summed E-state index contributed by atoms with van der Waals surface area (Å²) >= 11 is 0. The van der Waals surface area contributed by atoms with Crippen LogP contribution in [-0.2, 0) is 6.54 Å². The second kappa shape index (κ2) is 6.23.